The molecule has 1 N–H and O–H groups in total. The molecule has 0 aromatic heterocycles. The van der Waals surface area contributed by atoms with Gasteiger partial charge in [-0.15, -0.1) is 0 Å². The molecule has 0 aliphatic carbocycles. The van der Waals surface area contributed by atoms with Crippen LogP contribution in [-0.2, 0) is 9.47 Å². The molecule has 1 aliphatic rings. The average molecular weight is 143 g/mol. The Morgan fingerprint density at radius 2 is 2.40 bits per heavy atom. The summed E-state index contributed by atoms with van der Waals surface area (Å²) in [5, 5.41) is 7.38. The zero-order valence-corrected chi connectivity index (χ0v) is 6.44. The van der Waals surface area contributed by atoms with Gasteiger partial charge in [0.05, 0.1) is 7.11 Å². The first kappa shape index (κ1) is 7.54. The number of hydrogen-bond donors (Lipinski definition) is 1. The SMILES string of the molecule is COC(=N)C1(C)CCCO1. The minimum Gasteiger partial charge on any atom is -0.482 e. The van der Waals surface area contributed by atoms with Crippen molar-refractivity contribution in [3.63, 3.8) is 0 Å². The van der Waals surface area contributed by atoms with Crippen LogP contribution in [0.25, 0.3) is 0 Å². The lowest BCUT2D eigenvalue weighted by Gasteiger charge is -2.21. The molecular weight excluding hydrogens is 130 g/mol. The molecule has 58 valence electrons. The van der Waals surface area contributed by atoms with Crippen LogP contribution in [0.4, 0.5) is 0 Å². The molecule has 0 aromatic rings. The Balaban J connectivity index is 2.58. The van der Waals surface area contributed by atoms with E-state index in [2.05, 4.69) is 0 Å². The third-order valence-corrected chi connectivity index (χ3v) is 1.90. The minimum absolute atomic E-state index is 0.241. The molecule has 1 unspecified atom stereocenters. The zero-order valence-electron chi connectivity index (χ0n) is 6.44. The average Bonchev–Trinajstić information content (AvgIpc) is 2.36. The molecule has 10 heavy (non-hydrogen) atoms. The molecular formula is C7H13NO2. The summed E-state index contributed by atoms with van der Waals surface area (Å²) in [4.78, 5) is 0. The van der Waals surface area contributed by atoms with Gasteiger partial charge in [0.15, 0.2) is 0 Å². The normalized spacial score (nSPS) is 32.2. The maximum Gasteiger partial charge on any atom is 0.213 e. The van der Waals surface area contributed by atoms with Crippen molar-refractivity contribution in [1.29, 1.82) is 5.41 Å². The fraction of sp³-hybridized carbons (Fsp3) is 0.857. The summed E-state index contributed by atoms with van der Waals surface area (Å²) >= 11 is 0. The second-order valence-corrected chi connectivity index (χ2v) is 2.72. The van der Waals surface area contributed by atoms with Gasteiger partial charge in [-0.25, -0.2) is 0 Å². The first-order chi connectivity index (χ1) is 4.69. The van der Waals surface area contributed by atoms with Gasteiger partial charge < -0.3 is 9.47 Å². The molecule has 0 bridgehead atoms. The van der Waals surface area contributed by atoms with Crippen LogP contribution < -0.4 is 0 Å². The second-order valence-electron chi connectivity index (χ2n) is 2.72. The predicted octanol–water partition coefficient (Wildman–Crippen LogP) is 1.18. The van der Waals surface area contributed by atoms with E-state index < -0.39 is 5.60 Å². The molecule has 1 heterocycles. The maximum absolute atomic E-state index is 7.38. The second kappa shape index (κ2) is 2.58. The Morgan fingerprint density at radius 1 is 1.70 bits per heavy atom. The van der Waals surface area contributed by atoms with Crippen molar-refractivity contribution < 1.29 is 9.47 Å². The van der Waals surface area contributed by atoms with Crippen LogP contribution in [0.2, 0.25) is 0 Å². The summed E-state index contributed by atoms with van der Waals surface area (Å²) in [6.45, 7) is 2.65. The van der Waals surface area contributed by atoms with Crippen molar-refractivity contribution in [2.24, 2.45) is 0 Å². The quantitative estimate of drug-likeness (QED) is 0.442. The number of rotatable bonds is 1. The van der Waals surface area contributed by atoms with E-state index in [1.807, 2.05) is 6.92 Å². The van der Waals surface area contributed by atoms with E-state index in [4.69, 9.17) is 14.9 Å². The molecule has 0 aromatic carbocycles. The lowest BCUT2D eigenvalue weighted by molar-refractivity contribution is 0.0576. The topological polar surface area (TPSA) is 42.3 Å². The van der Waals surface area contributed by atoms with Gasteiger partial charge in [0, 0.05) is 6.61 Å². The molecule has 0 saturated carbocycles. The van der Waals surface area contributed by atoms with E-state index in [1.54, 1.807) is 0 Å². The van der Waals surface area contributed by atoms with Crippen molar-refractivity contribution in [2.45, 2.75) is 25.4 Å². The van der Waals surface area contributed by atoms with Gasteiger partial charge in [-0.3, -0.25) is 5.41 Å². The van der Waals surface area contributed by atoms with E-state index in [9.17, 15) is 0 Å². The first-order valence-corrected chi connectivity index (χ1v) is 3.46. The van der Waals surface area contributed by atoms with E-state index >= 15 is 0 Å². The molecule has 3 nitrogen and oxygen atoms in total. The van der Waals surface area contributed by atoms with Crippen molar-refractivity contribution in [2.75, 3.05) is 13.7 Å². The standard InChI is InChI=1S/C7H13NO2/c1-7(6(8)9-2)4-3-5-10-7/h8H,3-5H2,1-2H3. The van der Waals surface area contributed by atoms with Gasteiger partial charge >= 0.3 is 0 Å². The highest BCUT2D eigenvalue weighted by molar-refractivity contribution is 5.81. The number of methoxy groups -OCH3 is 1. The Morgan fingerprint density at radius 3 is 2.80 bits per heavy atom. The molecule has 1 atom stereocenters. The molecule has 0 spiro atoms. The maximum atomic E-state index is 7.38. The molecule has 0 amide bonds. The van der Waals surface area contributed by atoms with Crippen molar-refractivity contribution in [3.8, 4) is 0 Å². The number of hydrogen-bond acceptors (Lipinski definition) is 3. The molecule has 3 heteroatoms. The fourth-order valence-electron chi connectivity index (χ4n) is 1.17. The van der Waals surface area contributed by atoms with Gasteiger partial charge in [0.25, 0.3) is 0 Å². The van der Waals surface area contributed by atoms with E-state index in [1.165, 1.54) is 7.11 Å². The summed E-state index contributed by atoms with van der Waals surface area (Å²) < 4.78 is 10.1. The van der Waals surface area contributed by atoms with Crippen LogP contribution >= 0.6 is 0 Å². The molecule has 1 rings (SSSR count). The third kappa shape index (κ3) is 1.14. The summed E-state index contributed by atoms with van der Waals surface area (Å²) in [7, 11) is 1.51. The van der Waals surface area contributed by atoms with Gasteiger partial charge in [-0.1, -0.05) is 0 Å². The smallest absolute Gasteiger partial charge is 0.213 e. The summed E-state index contributed by atoms with van der Waals surface area (Å²) in [6.07, 6.45) is 1.93. The van der Waals surface area contributed by atoms with Gasteiger partial charge in [-0.2, -0.15) is 0 Å². The Kier molecular flexibility index (Phi) is 1.94. The molecule has 1 aliphatic heterocycles. The van der Waals surface area contributed by atoms with Crippen LogP contribution in [0.1, 0.15) is 19.8 Å². The highest BCUT2D eigenvalue weighted by Gasteiger charge is 2.35. The summed E-state index contributed by atoms with van der Waals surface area (Å²) in [5.74, 6) is 0.241. The van der Waals surface area contributed by atoms with E-state index in [0.29, 0.717) is 0 Å². The zero-order chi connectivity index (χ0) is 7.61. The Labute approximate surface area is 60.8 Å². The molecule has 1 fully saturated rings. The number of ether oxygens (including phenoxy) is 2. The minimum atomic E-state index is -0.436. The summed E-state index contributed by atoms with van der Waals surface area (Å²) in [6, 6.07) is 0. The van der Waals surface area contributed by atoms with Gasteiger partial charge in [0.1, 0.15) is 5.60 Å². The van der Waals surface area contributed by atoms with Crippen molar-refractivity contribution >= 4 is 5.90 Å². The van der Waals surface area contributed by atoms with Crippen molar-refractivity contribution in [3.05, 3.63) is 0 Å². The molecule has 0 radical (unpaired) electrons. The fourth-order valence-corrected chi connectivity index (χ4v) is 1.17. The highest BCUT2D eigenvalue weighted by atomic mass is 16.5. The van der Waals surface area contributed by atoms with E-state index in [0.717, 1.165) is 19.4 Å². The number of nitrogens with one attached hydrogen (secondary N) is 1. The van der Waals surface area contributed by atoms with Crippen LogP contribution in [0.3, 0.4) is 0 Å². The highest BCUT2D eigenvalue weighted by Crippen LogP contribution is 2.25. The van der Waals surface area contributed by atoms with E-state index in [-0.39, 0.29) is 5.90 Å². The van der Waals surface area contributed by atoms with Gasteiger partial charge in [0.2, 0.25) is 5.90 Å². The van der Waals surface area contributed by atoms with Crippen molar-refractivity contribution in [1.82, 2.24) is 0 Å². The van der Waals surface area contributed by atoms with Gasteiger partial charge in [-0.05, 0) is 19.8 Å². The van der Waals surface area contributed by atoms with Crippen LogP contribution in [0.5, 0.6) is 0 Å². The Bertz CT molecular complexity index is 139. The predicted molar refractivity (Wildman–Crippen MR) is 38.3 cm³/mol. The summed E-state index contributed by atoms with van der Waals surface area (Å²) in [5.41, 5.74) is -0.436. The van der Waals surface area contributed by atoms with Crippen LogP contribution in [0, 0.1) is 5.41 Å². The monoisotopic (exact) mass is 143 g/mol. The van der Waals surface area contributed by atoms with Crippen LogP contribution in [-0.4, -0.2) is 25.2 Å². The Hall–Kier alpha value is -0.570. The lowest BCUT2D eigenvalue weighted by atomic mass is 10.0. The third-order valence-electron chi connectivity index (χ3n) is 1.90. The lowest BCUT2D eigenvalue weighted by Crippen LogP contribution is -2.34. The first-order valence-electron chi connectivity index (χ1n) is 3.46. The largest absolute Gasteiger partial charge is 0.482 e. The molecule has 1 saturated heterocycles. The van der Waals surface area contributed by atoms with Crippen LogP contribution in [0.15, 0.2) is 0 Å².